The number of carbonyl (C=O) groups is 4. The Morgan fingerprint density at radius 1 is 0.984 bits per heavy atom. The number of fused-ring (bicyclic) bond motifs is 8. The number of aliphatic hydroxyl groups excluding tert-OH is 2. The first kappa shape index (κ1) is 44.5. The number of nitrogens with one attached hydrogen (secondary N) is 1. The molecule has 2 saturated carbocycles. The van der Waals surface area contributed by atoms with E-state index < -0.39 is 112 Å². The average molecular weight is 846 g/mol. The number of carbonyl (C=O) groups excluding carboxylic acids is 4. The predicted molar refractivity (Wildman–Crippen MR) is 220 cm³/mol. The van der Waals surface area contributed by atoms with E-state index >= 15 is 0 Å². The van der Waals surface area contributed by atoms with E-state index in [1.165, 1.54) is 6.92 Å². The highest BCUT2D eigenvalue weighted by atomic mass is 16.6. The van der Waals surface area contributed by atoms with Crippen LogP contribution in [0.4, 0.5) is 4.79 Å². The number of benzene rings is 2. The van der Waals surface area contributed by atoms with E-state index in [0.29, 0.717) is 23.1 Å². The molecule has 2 unspecified atom stereocenters. The van der Waals surface area contributed by atoms with Gasteiger partial charge in [-0.05, 0) is 63.0 Å². The van der Waals surface area contributed by atoms with Crippen molar-refractivity contribution in [2.45, 2.75) is 140 Å². The van der Waals surface area contributed by atoms with Gasteiger partial charge in [-0.15, -0.1) is 6.58 Å². The number of rotatable bonds is 9. The van der Waals surface area contributed by atoms with Gasteiger partial charge in [0.05, 0.1) is 42.4 Å². The maximum atomic E-state index is 14.4. The molecule has 2 aromatic carbocycles. The first-order chi connectivity index (χ1) is 28.6. The molecule has 4 N–H and O–H groups in total. The molecule has 0 radical (unpaired) electrons. The Kier molecular flexibility index (Phi) is 11.6. The highest BCUT2D eigenvalue weighted by molar-refractivity contribution is 5.89. The van der Waals surface area contributed by atoms with Gasteiger partial charge < -0.3 is 49.1 Å². The monoisotopic (exact) mass is 845 g/mol. The molecule has 0 spiro atoms. The van der Waals surface area contributed by atoms with E-state index in [-0.39, 0.29) is 25.0 Å². The molecule has 14 nitrogen and oxygen atoms in total. The Hall–Kier alpha value is -4.60. The lowest BCUT2D eigenvalue weighted by Crippen LogP contribution is -2.81. The van der Waals surface area contributed by atoms with Crippen LogP contribution in [0.5, 0.6) is 0 Å². The first-order valence-electron chi connectivity index (χ1n) is 21.0. The third-order valence-corrected chi connectivity index (χ3v) is 14.1. The van der Waals surface area contributed by atoms with Gasteiger partial charge in [-0.1, -0.05) is 75.4 Å². The van der Waals surface area contributed by atoms with Crippen molar-refractivity contribution in [3.63, 3.8) is 0 Å². The third-order valence-electron chi connectivity index (χ3n) is 14.1. The lowest BCUT2D eigenvalue weighted by Gasteiger charge is -2.69. The van der Waals surface area contributed by atoms with E-state index in [9.17, 15) is 34.5 Å². The Morgan fingerprint density at radius 2 is 1.62 bits per heavy atom. The van der Waals surface area contributed by atoms with Crippen LogP contribution in [-0.4, -0.2) is 105 Å². The van der Waals surface area contributed by atoms with Crippen LogP contribution in [0.25, 0.3) is 0 Å². The fourth-order valence-corrected chi connectivity index (χ4v) is 11.1. The van der Waals surface area contributed by atoms with Crippen LogP contribution < -0.4 is 5.32 Å². The molecule has 5 aliphatic rings. The van der Waals surface area contributed by atoms with Gasteiger partial charge in [0.15, 0.2) is 11.7 Å². The molecule has 2 bridgehead atoms. The van der Waals surface area contributed by atoms with Gasteiger partial charge in [-0.3, -0.25) is 4.79 Å². The second kappa shape index (κ2) is 15.9. The zero-order valence-electron chi connectivity index (χ0n) is 36.1. The summed E-state index contributed by atoms with van der Waals surface area (Å²) >= 11 is 0. The number of amides is 1. The normalized spacial score (nSPS) is 35.9. The highest BCUT2D eigenvalue weighted by Crippen LogP contribution is 2.68. The minimum absolute atomic E-state index is 0.0961. The van der Waals surface area contributed by atoms with Gasteiger partial charge in [-0.2, -0.15) is 0 Å². The molecule has 14 heteroatoms. The molecule has 2 aliphatic heterocycles. The van der Waals surface area contributed by atoms with E-state index in [0.717, 1.165) is 0 Å². The van der Waals surface area contributed by atoms with Crippen LogP contribution >= 0.6 is 0 Å². The Bertz CT molecular complexity index is 2060. The van der Waals surface area contributed by atoms with Gasteiger partial charge in [0.25, 0.3) is 0 Å². The molecule has 2 heterocycles. The largest absolute Gasteiger partial charge is 0.456 e. The summed E-state index contributed by atoms with van der Waals surface area (Å²) in [4.78, 5) is 54.9. The van der Waals surface area contributed by atoms with Crippen LogP contribution in [0.1, 0.15) is 96.6 Å². The standard InChI is InChI=1S/C47H59NO13/c1-10-29-21-30-37(57-29)34-25(2)31(58-41(53)36(51)35(27-17-13-11-14-18-27)48-42(54)61-43(4,5)6)23-47(55,44(34,7)8)39(59-40(52)28-19-15-12-16-20-28)38-45(30,9)32(50)22-33-46(38,24-56-33)60-26(3)49/h10-20,29-33,35-39,50-51,55H,1,21-24H2,2-9H3,(H,48,54)/t29?,30-,31+,32+,33?,35+,36-,37+,38+,39+,45-,46+,47-/m1/s1. The average Bonchev–Trinajstić information content (AvgIpc) is 3.62. The van der Waals surface area contributed by atoms with Crippen LogP contribution in [0.2, 0.25) is 0 Å². The van der Waals surface area contributed by atoms with Gasteiger partial charge in [0.2, 0.25) is 0 Å². The third kappa shape index (κ3) is 7.47. The molecule has 1 amide bonds. The number of esters is 3. The van der Waals surface area contributed by atoms with Crippen molar-refractivity contribution in [1.82, 2.24) is 5.32 Å². The molecule has 4 fully saturated rings. The minimum atomic E-state index is -2.13. The second-order valence-electron chi connectivity index (χ2n) is 19.1. The lowest BCUT2D eigenvalue weighted by atomic mass is 9.42. The number of ether oxygens (including phenoxy) is 6. The maximum Gasteiger partial charge on any atom is 0.408 e. The van der Waals surface area contributed by atoms with E-state index in [4.69, 9.17) is 28.4 Å². The van der Waals surface area contributed by atoms with Crippen LogP contribution in [0.3, 0.4) is 0 Å². The number of aliphatic hydroxyl groups is 3. The van der Waals surface area contributed by atoms with Crippen molar-refractivity contribution in [2.75, 3.05) is 6.61 Å². The Morgan fingerprint density at radius 3 is 2.20 bits per heavy atom. The molecule has 330 valence electrons. The maximum absolute atomic E-state index is 14.4. The summed E-state index contributed by atoms with van der Waals surface area (Å²) in [5.74, 6) is -4.14. The van der Waals surface area contributed by atoms with Gasteiger partial charge in [-0.25, -0.2) is 14.4 Å². The molecule has 61 heavy (non-hydrogen) atoms. The molecule has 0 aromatic heterocycles. The smallest absolute Gasteiger partial charge is 0.408 e. The SMILES string of the molecule is C=CC1C[C@@H]2[C@H](O1)C1=C(C)[C@@H](OC(=O)[C@H](O)[C@@H](NC(=O)OC(C)(C)C)c3ccccc3)C[C@@](O)([C@@H](OC(=O)c3ccccc3)[C@H]3[C@@]2(C)[C@@H](O)CC2OC[C@]23OC(C)=O)C1(C)C. The highest BCUT2D eigenvalue weighted by Gasteiger charge is 2.78. The molecule has 7 rings (SSSR count). The summed E-state index contributed by atoms with van der Waals surface area (Å²) < 4.78 is 37.5. The molecular formula is C47H59NO13. The second-order valence-corrected chi connectivity index (χ2v) is 19.1. The molecule has 13 atom stereocenters. The van der Waals surface area contributed by atoms with Crippen molar-refractivity contribution < 1.29 is 62.9 Å². The Balaban J connectivity index is 1.39. The summed E-state index contributed by atoms with van der Waals surface area (Å²) in [7, 11) is 0. The Labute approximate surface area is 356 Å². The van der Waals surface area contributed by atoms with Gasteiger partial charge in [0.1, 0.15) is 29.5 Å². The molecule has 2 saturated heterocycles. The van der Waals surface area contributed by atoms with Crippen molar-refractivity contribution in [1.29, 1.82) is 0 Å². The summed E-state index contributed by atoms with van der Waals surface area (Å²) in [5.41, 5.74) is -5.33. The summed E-state index contributed by atoms with van der Waals surface area (Å²) in [6.45, 7) is 17.5. The number of alkyl carbamates (subject to hydrolysis) is 1. The summed E-state index contributed by atoms with van der Waals surface area (Å²) in [6, 6.07) is 15.4. The van der Waals surface area contributed by atoms with Crippen molar-refractivity contribution in [3.05, 3.63) is 95.6 Å². The molecule has 2 aromatic rings. The number of hydrogen-bond donors (Lipinski definition) is 4. The lowest BCUT2D eigenvalue weighted by molar-refractivity contribution is -0.359. The topological polar surface area (TPSA) is 196 Å². The van der Waals surface area contributed by atoms with Crippen LogP contribution in [0.15, 0.2) is 84.5 Å². The number of hydrogen-bond acceptors (Lipinski definition) is 13. The zero-order chi connectivity index (χ0) is 44.4. The first-order valence-corrected chi connectivity index (χ1v) is 21.0. The van der Waals surface area contributed by atoms with Gasteiger partial charge in [0, 0.05) is 36.5 Å². The fraction of sp³-hybridized carbons (Fsp3) is 0.574. The fourth-order valence-electron chi connectivity index (χ4n) is 11.1. The van der Waals surface area contributed by atoms with Crippen molar-refractivity contribution in [2.24, 2.45) is 22.7 Å². The van der Waals surface area contributed by atoms with E-state index in [1.807, 2.05) is 20.8 Å². The van der Waals surface area contributed by atoms with Gasteiger partial charge >= 0.3 is 24.0 Å². The minimum Gasteiger partial charge on any atom is -0.456 e. The van der Waals surface area contributed by atoms with Crippen molar-refractivity contribution >= 4 is 24.0 Å². The molecular weight excluding hydrogens is 787 g/mol. The van der Waals surface area contributed by atoms with Crippen LogP contribution in [-0.2, 0) is 38.0 Å². The quantitative estimate of drug-likeness (QED) is 0.145. The van der Waals surface area contributed by atoms with E-state index in [2.05, 4.69) is 11.9 Å². The van der Waals surface area contributed by atoms with Crippen molar-refractivity contribution in [3.8, 4) is 0 Å². The summed E-state index contributed by atoms with van der Waals surface area (Å²) in [6.07, 6.45) is -7.03. The molecule has 3 aliphatic carbocycles. The van der Waals surface area contributed by atoms with E-state index in [1.54, 1.807) is 94.4 Å². The predicted octanol–water partition coefficient (Wildman–Crippen LogP) is 5.29. The van der Waals surface area contributed by atoms with Crippen LogP contribution in [0, 0.1) is 22.7 Å². The summed E-state index contributed by atoms with van der Waals surface area (Å²) in [5, 5.41) is 40.6. The zero-order valence-corrected chi connectivity index (χ0v) is 36.1.